The maximum absolute atomic E-state index is 12.0. The third-order valence-corrected chi connectivity index (χ3v) is 3.24. The molecule has 5 nitrogen and oxygen atoms in total. The van der Waals surface area contributed by atoms with Crippen LogP contribution in [0.4, 0.5) is 0 Å². The highest BCUT2D eigenvalue weighted by Gasteiger charge is 2.39. The van der Waals surface area contributed by atoms with Crippen molar-refractivity contribution in [1.82, 2.24) is 5.32 Å². The molecule has 1 aliphatic rings. The van der Waals surface area contributed by atoms with Crippen LogP contribution in [0.25, 0.3) is 0 Å². The second kappa shape index (κ2) is 6.33. The number of hydrogen-bond acceptors (Lipinski definition) is 5. The molecular weight excluding hydrogens is 246 g/mol. The highest BCUT2D eigenvalue weighted by Crippen LogP contribution is 2.20. The van der Waals surface area contributed by atoms with Gasteiger partial charge in [-0.1, -0.05) is 30.3 Å². The normalized spacial score (nSPS) is 21.9. The summed E-state index contributed by atoms with van der Waals surface area (Å²) >= 11 is 0. The van der Waals surface area contributed by atoms with E-state index >= 15 is 0 Å². The van der Waals surface area contributed by atoms with Gasteiger partial charge < -0.3 is 14.8 Å². The quantitative estimate of drug-likeness (QED) is 0.812. The Labute approximate surface area is 111 Å². The molecule has 0 spiro atoms. The SMILES string of the molecule is COC(=O)[C@@H]1CNCC1C(=O)OCc1ccccc1. The molecule has 0 bridgehead atoms. The van der Waals surface area contributed by atoms with Crippen molar-refractivity contribution in [3.63, 3.8) is 0 Å². The number of esters is 2. The van der Waals surface area contributed by atoms with Crippen molar-refractivity contribution < 1.29 is 19.1 Å². The molecule has 1 aromatic rings. The summed E-state index contributed by atoms with van der Waals surface area (Å²) in [6.45, 7) is 1.13. The summed E-state index contributed by atoms with van der Waals surface area (Å²) in [6, 6.07) is 9.45. The van der Waals surface area contributed by atoms with Gasteiger partial charge in [-0.2, -0.15) is 0 Å². The van der Waals surface area contributed by atoms with Gasteiger partial charge in [0.25, 0.3) is 0 Å². The van der Waals surface area contributed by atoms with E-state index in [1.807, 2.05) is 30.3 Å². The number of carbonyl (C=O) groups is 2. The Morgan fingerprint density at radius 1 is 1.16 bits per heavy atom. The van der Waals surface area contributed by atoms with E-state index in [1.54, 1.807) is 0 Å². The zero-order valence-corrected chi connectivity index (χ0v) is 10.8. The minimum Gasteiger partial charge on any atom is -0.469 e. The van der Waals surface area contributed by atoms with Crippen LogP contribution in [0.15, 0.2) is 30.3 Å². The molecule has 0 saturated carbocycles. The van der Waals surface area contributed by atoms with Crippen LogP contribution < -0.4 is 5.32 Å². The summed E-state index contributed by atoms with van der Waals surface area (Å²) in [5.41, 5.74) is 0.927. The Morgan fingerprint density at radius 2 is 1.79 bits per heavy atom. The number of rotatable bonds is 4. The lowest BCUT2D eigenvalue weighted by molar-refractivity contribution is -0.157. The minimum atomic E-state index is -0.462. The van der Waals surface area contributed by atoms with Crippen LogP contribution in [0.5, 0.6) is 0 Å². The fourth-order valence-corrected chi connectivity index (χ4v) is 2.16. The lowest BCUT2D eigenvalue weighted by atomic mass is 9.96. The van der Waals surface area contributed by atoms with Crippen molar-refractivity contribution in [3.8, 4) is 0 Å². The smallest absolute Gasteiger partial charge is 0.311 e. The molecular formula is C14H17NO4. The van der Waals surface area contributed by atoms with Crippen molar-refractivity contribution in [1.29, 1.82) is 0 Å². The third kappa shape index (κ3) is 3.32. The van der Waals surface area contributed by atoms with Gasteiger partial charge in [-0.05, 0) is 5.56 Å². The first kappa shape index (κ1) is 13.5. The summed E-state index contributed by atoms with van der Waals surface area (Å²) < 4.78 is 9.94. The van der Waals surface area contributed by atoms with Gasteiger partial charge in [0, 0.05) is 13.1 Å². The highest BCUT2D eigenvalue weighted by atomic mass is 16.5. The third-order valence-electron chi connectivity index (χ3n) is 3.24. The van der Waals surface area contributed by atoms with Crippen LogP contribution in [0.1, 0.15) is 5.56 Å². The molecule has 1 aliphatic heterocycles. The molecule has 2 rings (SSSR count). The topological polar surface area (TPSA) is 64.6 Å². The molecule has 1 aromatic carbocycles. The molecule has 0 aliphatic carbocycles. The molecule has 0 radical (unpaired) electrons. The van der Waals surface area contributed by atoms with Crippen LogP contribution in [-0.2, 0) is 25.7 Å². The first-order valence-electron chi connectivity index (χ1n) is 6.21. The van der Waals surface area contributed by atoms with Gasteiger partial charge in [0.1, 0.15) is 6.61 Å². The maximum Gasteiger partial charge on any atom is 0.311 e. The molecule has 0 aromatic heterocycles. The van der Waals surface area contributed by atoms with Crippen molar-refractivity contribution in [2.45, 2.75) is 6.61 Å². The van der Waals surface area contributed by atoms with Crippen LogP contribution in [0, 0.1) is 11.8 Å². The summed E-state index contributed by atoms with van der Waals surface area (Å²) in [5.74, 6) is -1.64. The lowest BCUT2D eigenvalue weighted by Gasteiger charge is -2.15. The van der Waals surface area contributed by atoms with Gasteiger partial charge in [-0.15, -0.1) is 0 Å². The molecule has 0 amide bonds. The van der Waals surface area contributed by atoms with Crippen molar-refractivity contribution in [3.05, 3.63) is 35.9 Å². The van der Waals surface area contributed by atoms with E-state index in [0.29, 0.717) is 13.1 Å². The predicted molar refractivity (Wildman–Crippen MR) is 68.1 cm³/mol. The molecule has 1 N–H and O–H groups in total. The van der Waals surface area contributed by atoms with Gasteiger partial charge in [-0.3, -0.25) is 9.59 Å². The standard InChI is InChI=1S/C14H17NO4/c1-18-13(16)11-7-15-8-12(11)14(17)19-9-10-5-3-2-4-6-10/h2-6,11-12,15H,7-9H2,1H3/t11-,12?/m1/s1. The van der Waals surface area contributed by atoms with E-state index in [0.717, 1.165) is 5.56 Å². The number of carbonyl (C=O) groups excluding carboxylic acids is 2. The van der Waals surface area contributed by atoms with Crippen LogP contribution in [0.2, 0.25) is 0 Å². The number of hydrogen-bond donors (Lipinski definition) is 1. The summed E-state index contributed by atoms with van der Waals surface area (Å²) in [6.07, 6.45) is 0. The Hall–Kier alpha value is -1.88. The molecule has 5 heteroatoms. The van der Waals surface area contributed by atoms with Crippen LogP contribution in [0.3, 0.4) is 0 Å². The highest BCUT2D eigenvalue weighted by molar-refractivity contribution is 5.83. The Morgan fingerprint density at radius 3 is 2.42 bits per heavy atom. The molecule has 2 atom stereocenters. The Bertz CT molecular complexity index is 446. The van der Waals surface area contributed by atoms with E-state index < -0.39 is 11.8 Å². The minimum absolute atomic E-state index is 0.226. The van der Waals surface area contributed by atoms with Crippen molar-refractivity contribution >= 4 is 11.9 Å². The average Bonchev–Trinajstić information content (AvgIpc) is 2.94. The number of nitrogens with one attached hydrogen (secondary N) is 1. The molecule has 102 valence electrons. The maximum atomic E-state index is 12.0. The van der Waals surface area contributed by atoms with Gasteiger partial charge in [-0.25, -0.2) is 0 Å². The zero-order chi connectivity index (χ0) is 13.7. The summed E-state index contributed by atoms with van der Waals surface area (Å²) in [5, 5.41) is 3.02. The number of ether oxygens (including phenoxy) is 2. The molecule has 1 unspecified atom stereocenters. The van der Waals surface area contributed by atoms with Gasteiger partial charge in [0.15, 0.2) is 0 Å². The zero-order valence-electron chi connectivity index (χ0n) is 10.8. The first-order valence-corrected chi connectivity index (χ1v) is 6.21. The molecule has 1 fully saturated rings. The Balaban J connectivity index is 1.90. The van der Waals surface area contributed by atoms with E-state index in [-0.39, 0.29) is 18.5 Å². The molecule has 1 heterocycles. The van der Waals surface area contributed by atoms with E-state index in [2.05, 4.69) is 5.32 Å². The van der Waals surface area contributed by atoms with E-state index in [4.69, 9.17) is 9.47 Å². The molecule has 1 saturated heterocycles. The fraction of sp³-hybridized carbons (Fsp3) is 0.429. The summed E-state index contributed by atoms with van der Waals surface area (Å²) in [7, 11) is 1.33. The predicted octanol–water partition coefficient (Wildman–Crippen LogP) is 0.738. The monoisotopic (exact) mass is 263 g/mol. The second-order valence-corrected chi connectivity index (χ2v) is 4.49. The molecule has 19 heavy (non-hydrogen) atoms. The van der Waals surface area contributed by atoms with Crippen LogP contribution >= 0.6 is 0 Å². The Kier molecular flexibility index (Phi) is 4.52. The fourth-order valence-electron chi connectivity index (χ4n) is 2.16. The summed E-state index contributed by atoms with van der Waals surface area (Å²) in [4.78, 5) is 23.5. The van der Waals surface area contributed by atoms with Crippen molar-refractivity contribution in [2.24, 2.45) is 11.8 Å². The van der Waals surface area contributed by atoms with Gasteiger partial charge >= 0.3 is 11.9 Å². The van der Waals surface area contributed by atoms with Crippen LogP contribution in [-0.4, -0.2) is 32.1 Å². The van der Waals surface area contributed by atoms with Gasteiger partial charge in [0.05, 0.1) is 18.9 Å². The van der Waals surface area contributed by atoms with Gasteiger partial charge in [0.2, 0.25) is 0 Å². The average molecular weight is 263 g/mol. The van der Waals surface area contributed by atoms with E-state index in [1.165, 1.54) is 7.11 Å². The number of methoxy groups -OCH3 is 1. The first-order chi connectivity index (χ1) is 9.22. The van der Waals surface area contributed by atoms with E-state index in [9.17, 15) is 9.59 Å². The number of benzene rings is 1. The largest absolute Gasteiger partial charge is 0.469 e. The lowest BCUT2D eigenvalue weighted by Crippen LogP contribution is -2.30. The van der Waals surface area contributed by atoms with Crippen molar-refractivity contribution in [2.75, 3.05) is 20.2 Å². The second-order valence-electron chi connectivity index (χ2n) is 4.49.